The van der Waals surface area contributed by atoms with E-state index in [0.29, 0.717) is 5.75 Å². The molecule has 1 aliphatic rings. The lowest BCUT2D eigenvalue weighted by molar-refractivity contribution is -0.151. The summed E-state index contributed by atoms with van der Waals surface area (Å²) < 4.78 is 23.3. The Morgan fingerprint density at radius 3 is 2.57 bits per heavy atom. The van der Waals surface area contributed by atoms with Gasteiger partial charge < -0.3 is 9.47 Å². The number of carbonyl (C=O) groups is 1. The van der Waals surface area contributed by atoms with Crippen molar-refractivity contribution in [3.05, 3.63) is 30.1 Å². The highest BCUT2D eigenvalue weighted by molar-refractivity contribution is 5.71. The third-order valence-electron chi connectivity index (χ3n) is 3.47. The minimum atomic E-state index is -0.399. The Bertz CT molecular complexity index is 443. The molecule has 0 spiro atoms. The van der Waals surface area contributed by atoms with E-state index in [4.69, 9.17) is 9.47 Å². The van der Waals surface area contributed by atoms with Crippen LogP contribution >= 0.6 is 0 Å². The van der Waals surface area contributed by atoms with Crippen LogP contribution in [0, 0.1) is 5.82 Å². The number of ether oxygens (including phenoxy) is 2. The van der Waals surface area contributed by atoms with E-state index in [9.17, 15) is 9.18 Å². The third kappa shape index (κ3) is 5.71. The summed E-state index contributed by atoms with van der Waals surface area (Å²) in [4.78, 5) is 14.0. The van der Waals surface area contributed by atoms with E-state index < -0.39 is 5.97 Å². The molecule has 1 aliphatic heterocycles. The Morgan fingerprint density at radius 2 is 1.90 bits per heavy atom. The van der Waals surface area contributed by atoms with Gasteiger partial charge in [0.15, 0.2) is 6.61 Å². The second-order valence-electron chi connectivity index (χ2n) is 5.40. The van der Waals surface area contributed by atoms with Crippen molar-refractivity contribution in [3.8, 4) is 5.75 Å². The quantitative estimate of drug-likeness (QED) is 0.756. The maximum absolute atomic E-state index is 12.7. The number of benzene rings is 1. The molecule has 116 valence electrons. The fourth-order valence-electron chi connectivity index (χ4n) is 2.47. The first-order chi connectivity index (χ1) is 10.1. The first-order valence-corrected chi connectivity index (χ1v) is 7.43. The molecule has 0 radical (unpaired) electrons. The van der Waals surface area contributed by atoms with Crippen molar-refractivity contribution in [1.29, 1.82) is 0 Å². The number of hydrogen-bond donors (Lipinski definition) is 0. The van der Waals surface area contributed by atoms with Crippen LogP contribution < -0.4 is 4.74 Å². The van der Waals surface area contributed by atoms with Crippen molar-refractivity contribution < 1.29 is 18.7 Å². The number of rotatable bonds is 6. The zero-order valence-electron chi connectivity index (χ0n) is 12.4. The molecule has 1 aromatic rings. The summed E-state index contributed by atoms with van der Waals surface area (Å²) in [5, 5.41) is 0. The van der Waals surface area contributed by atoms with Crippen LogP contribution in [0.25, 0.3) is 0 Å². The van der Waals surface area contributed by atoms with Crippen molar-refractivity contribution in [2.24, 2.45) is 0 Å². The molecule has 4 nitrogen and oxygen atoms in total. The number of hydrogen-bond acceptors (Lipinski definition) is 4. The monoisotopic (exact) mass is 295 g/mol. The van der Waals surface area contributed by atoms with Gasteiger partial charge in [-0.2, -0.15) is 0 Å². The van der Waals surface area contributed by atoms with Crippen LogP contribution in [0.2, 0.25) is 0 Å². The van der Waals surface area contributed by atoms with Crippen molar-refractivity contribution in [2.75, 3.05) is 26.2 Å². The van der Waals surface area contributed by atoms with Gasteiger partial charge in [0, 0.05) is 6.54 Å². The maximum Gasteiger partial charge on any atom is 0.344 e. The van der Waals surface area contributed by atoms with Gasteiger partial charge in [0.25, 0.3) is 0 Å². The predicted octanol–water partition coefficient (Wildman–Crippen LogP) is 2.62. The van der Waals surface area contributed by atoms with Gasteiger partial charge in [-0.15, -0.1) is 0 Å². The Morgan fingerprint density at radius 1 is 1.24 bits per heavy atom. The van der Waals surface area contributed by atoms with Gasteiger partial charge in [-0.3, -0.25) is 4.90 Å². The van der Waals surface area contributed by atoms with E-state index in [1.165, 1.54) is 43.5 Å². The van der Waals surface area contributed by atoms with Gasteiger partial charge in [0.2, 0.25) is 0 Å². The molecule has 21 heavy (non-hydrogen) atoms. The van der Waals surface area contributed by atoms with Crippen molar-refractivity contribution in [2.45, 2.75) is 32.3 Å². The smallest absolute Gasteiger partial charge is 0.344 e. The molecule has 5 heteroatoms. The van der Waals surface area contributed by atoms with Gasteiger partial charge in [-0.1, -0.05) is 6.42 Å². The fraction of sp³-hybridized carbons (Fsp3) is 0.562. The zero-order chi connectivity index (χ0) is 15.1. The molecule has 2 rings (SSSR count). The van der Waals surface area contributed by atoms with Crippen LogP contribution in [0.1, 0.15) is 26.2 Å². The summed E-state index contributed by atoms with van der Waals surface area (Å²) in [5.41, 5.74) is 0. The van der Waals surface area contributed by atoms with Crippen molar-refractivity contribution in [1.82, 2.24) is 4.90 Å². The molecule has 0 amide bonds. The molecule has 1 heterocycles. The molecule has 0 aliphatic carbocycles. The van der Waals surface area contributed by atoms with Gasteiger partial charge in [-0.25, -0.2) is 9.18 Å². The van der Waals surface area contributed by atoms with E-state index in [1.807, 2.05) is 6.92 Å². The molecular weight excluding hydrogens is 273 g/mol. The van der Waals surface area contributed by atoms with E-state index >= 15 is 0 Å². The topological polar surface area (TPSA) is 38.8 Å². The van der Waals surface area contributed by atoms with Crippen LogP contribution in [0.4, 0.5) is 4.39 Å². The molecule has 0 saturated carbocycles. The van der Waals surface area contributed by atoms with Gasteiger partial charge in [-0.05, 0) is 57.1 Å². The number of piperidine rings is 1. The van der Waals surface area contributed by atoms with Gasteiger partial charge >= 0.3 is 5.97 Å². The zero-order valence-corrected chi connectivity index (χ0v) is 12.4. The average Bonchev–Trinajstić information content (AvgIpc) is 2.47. The number of carbonyl (C=O) groups excluding carboxylic acids is 1. The molecular formula is C16H22FNO3. The highest BCUT2D eigenvalue weighted by Gasteiger charge is 2.16. The third-order valence-corrected chi connectivity index (χ3v) is 3.47. The highest BCUT2D eigenvalue weighted by atomic mass is 19.1. The highest BCUT2D eigenvalue weighted by Crippen LogP contribution is 2.12. The lowest BCUT2D eigenvalue weighted by Gasteiger charge is -2.28. The van der Waals surface area contributed by atoms with E-state index in [2.05, 4.69) is 4.90 Å². The van der Waals surface area contributed by atoms with Crippen molar-refractivity contribution >= 4 is 5.97 Å². The lowest BCUT2D eigenvalue weighted by Crippen LogP contribution is -2.37. The summed E-state index contributed by atoms with van der Waals surface area (Å²) >= 11 is 0. The van der Waals surface area contributed by atoms with Crippen LogP contribution in [0.3, 0.4) is 0 Å². The standard InChI is InChI=1S/C16H22FNO3/c1-13(11-18-9-3-2-4-10-18)21-16(19)12-20-15-7-5-14(17)6-8-15/h5-8,13H,2-4,9-12H2,1H3/t13-/m1/s1. The van der Waals surface area contributed by atoms with Crippen molar-refractivity contribution in [3.63, 3.8) is 0 Å². The number of halogens is 1. The molecule has 1 atom stereocenters. The largest absolute Gasteiger partial charge is 0.482 e. The molecule has 1 fully saturated rings. The molecule has 0 N–H and O–H groups in total. The Hall–Kier alpha value is -1.62. The summed E-state index contributed by atoms with van der Waals surface area (Å²) in [6.45, 7) is 4.66. The Balaban J connectivity index is 1.67. The Kier molecular flexibility index (Phi) is 5.99. The molecule has 0 unspecified atom stereocenters. The number of esters is 1. The minimum absolute atomic E-state index is 0.146. The number of nitrogens with zero attached hydrogens (tertiary/aromatic N) is 1. The molecule has 1 saturated heterocycles. The second-order valence-corrected chi connectivity index (χ2v) is 5.40. The second kappa shape index (κ2) is 7.98. The van der Waals surface area contributed by atoms with Crippen LogP contribution in [-0.2, 0) is 9.53 Å². The molecule has 0 bridgehead atoms. The predicted molar refractivity (Wildman–Crippen MR) is 77.7 cm³/mol. The first kappa shape index (κ1) is 15.8. The van der Waals surface area contributed by atoms with Gasteiger partial charge in [0.1, 0.15) is 17.7 Å². The summed E-state index contributed by atoms with van der Waals surface area (Å²) in [7, 11) is 0. The molecule has 1 aromatic carbocycles. The van der Waals surface area contributed by atoms with Crippen LogP contribution in [0.5, 0.6) is 5.75 Å². The van der Waals surface area contributed by atoms with Gasteiger partial charge in [0.05, 0.1) is 0 Å². The Labute approximate surface area is 124 Å². The number of likely N-dealkylation sites (tertiary alicyclic amines) is 1. The van der Waals surface area contributed by atoms with Crippen LogP contribution in [-0.4, -0.2) is 43.2 Å². The first-order valence-electron chi connectivity index (χ1n) is 7.43. The summed E-state index contributed by atoms with van der Waals surface area (Å²) in [6.07, 6.45) is 3.58. The fourth-order valence-corrected chi connectivity index (χ4v) is 2.47. The summed E-state index contributed by atoms with van der Waals surface area (Å²) in [5.74, 6) is -0.277. The van der Waals surface area contributed by atoms with E-state index in [0.717, 1.165) is 19.6 Å². The lowest BCUT2D eigenvalue weighted by atomic mass is 10.1. The SMILES string of the molecule is C[C@H](CN1CCCCC1)OC(=O)COc1ccc(F)cc1. The van der Waals surface area contributed by atoms with Crippen LogP contribution in [0.15, 0.2) is 24.3 Å². The molecule has 0 aromatic heterocycles. The van der Waals surface area contributed by atoms with E-state index in [1.54, 1.807) is 0 Å². The minimum Gasteiger partial charge on any atom is -0.482 e. The maximum atomic E-state index is 12.7. The normalized spacial score (nSPS) is 17.2. The average molecular weight is 295 g/mol. The van der Waals surface area contributed by atoms with E-state index in [-0.39, 0.29) is 18.5 Å². The summed E-state index contributed by atoms with van der Waals surface area (Å²) in [6, 6.07) is 5.55.